The molecule has 1 aromatic rings. The summed E-state index contributed by atoms with van der Waals surface area (Å²) in [5, 5.41) is 2.56. The molecule has 1 fully saturated rings. The zero-order valence-corrected chi connectivity index (χ0v) is 13.4. The molecule has 0 radical (unpaired) electrons. The Balaban J connectivity index is 2.36. The highest BCUT2D eigenvalue weighted by Crippen LogP contribution is 2.29. The van der Waals surface area contributed by atoms with Gasteiger partial charge in [-0.05, 0) is 37.1 Å². The van der Waals surface area contributed by atoms with Gasteiger partial charge in [0.2, 0.25) is 15.9 Å². The van der Waals surface area contributed by atoms with Gasteiger partial charge in [-0.25, -0.2) is 8.42 Å². The van der Waals surface area contributed by atoms with E-state index in [9.17, 15) is 13.2 Å². The van der Waals surface area contributed by atoms with Crippen LogP contribution in [0.4, 0.5) is 5.69 Å². The monoisotopic (exact) mass is 324 g/mol. The molecular weight excluding hydrogens is 304 g/mol. The smallest absolute Gasteiger partial charge is 0.247 e. The Morgan fingerprint density at radius 3 is 2.59 bits per heavy atom. The largest absolute Gasteiger partial charge is 0.495 e. The highest BCUT2D eigenvalue weighted by atomic mass is 32.2. The van der Waals surface area contributed by atoms with Crippen LogP contribution in [-0.2, 0) is 14.8 Å². The van der Waals surface area contributed by atoms with Crippen LogP contribution >= 0.6 is 0 Å². The van der Waals surface area contributed by atoms with Gasteiger partial charge in [0.1, 0.15) is 5.75 Å². The maximum atomic E-state index is 12.6. The SMILES string of the molecule is C=CC(=O)Nc1cc(S(=O)(=O)N2CCCCC2)ccc1OC. The molecule has 2 rings (SSSR count). The molecule has 0 spiro atoms. The van der Waals surface area contributed by atoms with E-state index in [1.807, 2.05) is 0 Å². The molecule has 1 N–H and O–H groups in total. The summed E-state index contributed by atoms with van der Waals surface area (Å²) < 4.78 is 31.9. The first kappa shape index (κ1) is 16.5. The second-order valence-corrected chi connectivity index (χ2v) is 6.96. The molecule has 6 nitrogen and oxygen atoms in total. The van der Waals surface area contributed by atoms with E-state index in [-0.39, 0.29) is 4.90 Å². The average Bonchev–Trinajstić information content (AvgIpc) is 2.55. The molecule has 1 saturated heterocycles. The Hall–Kier alpha value is -1.86. The molecule has 0 bridgehead atoms. The van der Waals surface area contributed by atoms with Crippen molar-refractivity contribution in [1.82, 2.24) is 4.31 Å². The Labute approximate surface area is 130 Å². The third kappa shape index (κ3) is 3.48. The molecule has 7 heteroatoms. The molecule has 1 heterocycles. The van der Waals surface area contributed by atoms with Crippen molar-refractivity contribution in [2.24, 2.45) is 0 Å². The molecule has 1 aromatic carbocycles. The third-order valence-corrected chi connectivity index (χ3v) is 5.46. The minimum absolute atomic E-state index is 0.148. The van der Waals surface area contributed by atoms with E-state index in [0.29, 0.717) is 24.5 Å². The first-order valence-electron chi connectivity index (χ1n) is 7.10. The predicted octanol–water partition coefficient (Wildman–Crippen LogP) is 1.99. The molecule has 120 valence electrons. The van der Waals surface area contributed by atoms with Gasteiger partial charge >= 0.3 is 0 Å². The first-order chi connectivity index (χ1) is 10.5. The van der Waals surface area contributed by atoms with Crippen LogP contribution in [0.3, 0.4) is 0 Å². The van der Waals surface area contributed by atoms with Gasteiger partial charge in [-0.2, -0.15) is 4.31 Å². The summed E-state index contributed by atoms with van der Waals surface area (Å²) >= 11 is 0. The molecule has 0 saturated carbocycles. The normalized spacial score (nSPS) is 16.0. The number of hydrogen-bond acceptors (Lipinski definition) is 4. The average molecular weight is 324 g/mol. The van der Waals surface area contributed by atoms with E-state index < -0.39 is 15.9 Å². The number of nitrogens with zero attached hydrogens (tertiary/aromatic N) is 1. The molecule has 1 aliphatic rings. The number of ether oxygens (including phenoxy) is 1. The topological polar surface area (TPSA) is 75.7 Å². The lowest BCUT2D eigenvalue weighted by molar-refractivity contribution is -0.111. The van der Waals surface area contributed by atoms with Crippen LogP contribution in [0.25, 0.3) is 0 Å². The fourth-order valence-electron chi connectivity index (χ4n) is 2.38. The van der Waals surface area contributed by atoms with Gasteiger partial charge in [-0.3, -0.25) is 4.79 Å². The van der Waals surface area contributed by atoms with Gasteiger partial charge in [-0.1, -0.05) is 13.0 Å². The van der Waals surface area contributed by atoms with E-state index in [2.05, 4.69) is 11.9 Å². The van der Waals surface area contributed by atoms with Crippen molar-refractivity contribution in [2.75, 3.05) is 25.5 Å². The van der Waals surface area contributed by atoms with Crippen LogP contribution in [0, 0.1) is 0 Å². The van der Waals surface area contributed by atoms with Crippen molar-refractivity contribution < 1.29 is 17.9 Å². The van der Waals surface area contributed by atoms with Crippen molar-refractivity contribution in [3.8, 4) is 5.75 Å². The molecular formula is C15H20N2O4S. The van der Waals surface area contributed by atoms with E-state index in [1.54, 1.807) is 0 Å². The maximum Gasteiger partial charge on any atom is 0.247 e. The second-order valence-electron chi connectivity index (χ2n) is 5.02. The van der Waals surface area contributed by atoms with Gasteiger partial charge in [0.25, 0.3) is 0 Å². The van der Waals surface area contributed by atoms with Crippen molar-refractivity contribution >= 4 is 21.6 Å². The highest BCUT2D eigenvalue weighted by Gasteiger charge is 2.26. The number of hydrogen-bond donors (Lipinski definition) is 1. The molecule has 0 aliphatic carbocycles. The number of nitrogens with one attached hydrogen (secondary N) is 1. The summed E-state index contributed by atoms with van der Waals surface area (Å²) in [4.78, 5) is 11.6. The number of rotatable bonds is 5. The second kappa shape index (κ2) is 6.93. The standard InChI is InChI=1S/C15H20N2O4S/c1-3-15(18)16-13-11-12(7-8-14(13)21-2)22(19,20)17-9-5-4-6-10-17/h3,7-8,11H,1,4-6,9-10H2,2H3,(H,16,18). The lowest BCUT2D eigenvalue weighted by Crippen LogP contribution is -2.35. The number of anilines is 1. The number of carbonyl (C=O) groups excluding carboxylic acids is 1. The Morgan fingerprint density at radius 2 is 2.00 bits per heavy atom. The third-order valence-electron chi connectivity index (χ3n) is 3.57. The van der Waals surface area contributed by atoms with Crippen molar-refractivity contribution in [1.29, 1.82) is 0 Å². The van der Waals surface area contributed by atoms with Gasteiger partial charge in [0.05, 0.1) is 17.7 Å². The van der Waals surface area contributed by atoms with Gasteiger partial charge in [-0.15, -0.1) is 0 Å². The first-order valence-corrected chi connectivity index (χ1v) is 8.54. The zero-order valence-electron chi connectivity index (χ0n) is 12.5. The van der Waals surface area contributed by atoms with Gasteiger partial charge in [0.15, 0.2) is 0 Å². The fraction of sp³-hybridized carbons (Fsp3) is 0.400. The maximum absolute atomic E-state index is 12.6. The van der Waals surface area contributed by atoms with Crippen LogP contribution in [0.1, 0.15) is 19.3 Å². The molecule has 1 aliphatic heterocycles. The van der Waals surface area contributed by atoms with Crippen molar-refractivity contribution in [2.45, 2.75) is 24.2 Å². The summed E-state index contributed by atoms with van der Waals surface area (Å²) in [5.74, 6) is -0.0291. The van der Waals surface area contributed by atoms with Crippen LogP contribution in [-0.4, -0.2) is 38.8 Å². The van der Waals surface area contributed by atoms with Crippen LogP contribution < -0.4 is 10.1 Å². The summed E-state index contributed by atoms with van der Waals surface area (Å²) in [6.07, 6.45) is 3.91. The number of methoxy groups -OCH3 is 1. The van der Waals surface area contributed by atoms with Crippen LogP contribution in [0.5, 0.6) is 5.75 Å². The highest BCUT2D eigenvalue weighted by molar-refractivity contribution is 7.89. The number of piperidine rings is 1. The van der Waals surface area contributed by atoms with E-state index in [0.717, 1.165) is 25.3 Å². The minimum Gasteiger partial charge on any atom is -0.495 e. The molecule has 0 atom stereocenters. The van der Waals surface area contributed by atoms with E-state index in [1.165, 1.54) is 29.6 Å². The van der Waals surface area contributed by atoms with Crippen LogP contribution in [0.15, 0.2) is 35.7 Å². The Morgan fingerprint density at radius 1 is 1.32 bits per heavy atom. The predicted molar refractivity (Wildman–Crippen MR) is 84.4 cm³/mol. The molecule has 22 heavy (non-hydrogen) atoms. The van der Waals surface area contributed by atoms with Crippen molar-refractivity contribution in [3.63, 3.8) is 0 Å². The number of sulfonamides is 1. The lowest BCUT2D eigenvalue weighted by atomic mass is 10.2. The molecule has 0 aromatic heterocycles. The quantitative estimate of drug-likeness (QED) is 0.841. The number of amides is 1. The van der Waals surface area contributed by atoms with E-state index in [4.69, 9.17) is 4.74 Å². The summed E-state index contributed by atoms with van der Waals surface area (Å²) in [7, 11) is -2.10. The van der Waals surface area contributed by atoms with Gasteiger partial charge in [0, 0.05) is 13.1 Å². The fourth-order valence-corrected chi connectivity index (χ4v) is 3.93. The van der Waals surface area contributed by atoms with Gasteiger partial charge < -0.3 is 10.1 Å². The zero-order chi connectivity index (χ0) is 16.2. The molecule has 0 unspecified atom stereocenters. The van der Waals surface area contributed by atoms with Crippen LogP contribution in [0.2, 0.25) is 0 Å². The number of benzene rings is 1. The minimum atomic E-state index is -3.55. The summed E-state index contributed by atoms with van der Waals surface area (Å²) in [5.41, 5.74) is 0.311. The van der Waals surface area contributed by atoms with E-state index >= 15 is 0 Å². The summed E-state index contributed by atoms with van der Waals surface area (Å²) in [6.45, 7) is 4.44. The Kier molecular flexibility index (Phi) is 5.20. The van der Waals surface area contributed by atoms with Crippen molar-refractivity contribution in [3.05, 3.63) is 30.9 Å². The lowest BCUT2D eigenvalue weighted by Gasteiger charge is -2.26. The number of carbonyl (C=O) groups is 1. The Bertz CT molecular complexity index is 664. The molecule has 1 amide bonds. The summed E-state index contributed by atoms with van der Waals surface area (Å²) in [6, 6.07) is 4.45.